The van der Waals surface area contributed by atoms with Gasteiger partial charge in [0.05, 0.1) is 27.5 Å². The molecule has 2 aromatic rings. The molecule has 1 heterocycles. The van der Waals surface area contributed by atoms with E-state index in [2.05, 4.69) is 10.4 Å². The van der Waals surface area contributed by atoms with Crippen LogP contribution >= 0.6 is 11.6 Å². The number of non-ortho nitro benzene ring substituents is 1. The molecule has 1 N–H and O–H groups in total. The second-order valence-electron chi connectivity index (χ2n) is 4.76. The molecule has 0 bridgehead atoms. The van der Waals surface area contributed by atoms with E-state index >= 15 is 0 Å². The van der Waals surface area contributed by atoms with Gasteiger partial charge in [-0.3, -0.25) is 19.6 Å². The molecule has 22 heavy (non-hydrogen) atoms. The number of hydrogen-bond donors (Lipinski definition) is 1. The molecule has 0 unspecified atom stereocenters. The average molecular weight is 324 g/mol. The van der Waals surface area contributed by atoms with Crippen LogP contribution in [-0.2, 0) is 11.3 Å². The van der Waals surface area contributed by atoms with Crippen molar-refractivity contribution in [2.24, 2.45) is 0 Å². The molecule has 0 saturated heterocycles. The Morgan fingerprint density at radius 2 is 2.23 bits per heavy atom. The van der Waals surface area contributed by atoms with Gasteiger partial charge in [-0.25, -0.2) is 0 Å². The summed E-state index contributed by atoms with van der Waals surface area (Å²) in [6, 6.07) is 4.14. The molecule has 1 aromatic heterocycles. The Bertz CT molecular complexity index is 713. The van der Waals surface area contributed by atoms with Crippen LogP contribution in [0.15, 0.2) is 30.6 Å². The van der Waals surface area contributed by atoms with Crippen molar-refractivity contribution in [2.75, 3.05) is 19.4 Å². The predicted molar refractivity (Wildman–Crippen MR) is 82.3 cm³/mol. The van der Waals surface area contributed by atoms with Gasteiger partial charge < -0.3 is 10.2 Å². The van der Waals surface area contributed by atoms with Crippen molar-refractivity contribution in [3.8, 4) is 0 Å². The number of nitro benzene ring substituents is 1. The van der Waals surface area contributed by atoms with Gasteiger partial charge in [-0.1, -0.05) is 11.6 Å². The highest BCUT2D eigenvalue weighted by Crippen LogP contribution is 2.28. The zero-order valence-corrected chi connectivity index (χ0v) is 12.7. The number of hydrogen-bond acceptors (Lipinski definition) is 5. The van der Waals surface area contributed by atoms with Crippen LogP contribution in [0.4, 0.5) is 17.1 Å². The lowest BCUT2D eigenvalue weighted by atomic mass is 10.3. The summed E-state index contributed by atoms with van der Waals surface area (Å²) in [5, 5.41) is 18.0. The number of nitrogens with one attached hydrogen (secondary N) is 1. The van der Waals surface area contributed by atoms with Crippen LogP contribution in [0, 0.1) is 10.1 Å². The molecule has 116 valence electrons. The highest BCUT2D eigenvalue weighted by atomic mass is 35.5. The number of carbonyl (C=O) groups is 1. The predicted octanol–water partition coefficient (Wildman–Crippen LogP) is 2.28. The quantitative estimate of drug-likeness (QED) is 0.673. The summed E-state index contributed by atoms with van der Waals surface area (Å²) < 4.78 is 1.49. The second-order valence-corrected chi connectivity index (χ2v) is 5.17. The maximum atomic E-state index is 11.6. The molecule has 0 spiro atoms. The molecular formula is C13H14ClN5O3. The average Bonchev–Trinajstić information content (AvgIpc) is 2.88. The van der Waals surface area contributed by atoms with Gasteiger partial charge in [-0.15, -0.1) is 0 Å². The number of amides is 1. The number of rotatable bonds is 5. The summed E-state index contributed by atoms with van der Waals surface area (Å²) in [5.74, 6) is -0.0805. The molecule has 0 aliphatic carbocycles. The van der Waals surface area contributed by atoms with Crippen molar-refractivity contribution in [2.45, 2.75) is 6.54 Å². The number of nitrogens with zero attached hydrogens (tertiary/aromatic N) is 4. The standard InChI is InChI=1S/C13H14ClN5O3/c1-17(2)13(20)8-18-7-9(6-15-18)16-12-4-3-10(19(21)22)5-11(12)14/h3-7,16H,8H2,1-2H3. The first-order chi connectivity index (χ1) is 10.4. The van der Waals surface area contributed by atoms with E-state index in [1.54, 1.807) is 26.5 Å². The monoisotopic (exact) mass is 323 g/mol. The lowest BCUT2D eigenvalue weighted by Gasteiger charge is -2.09. The van der Waals surface area contributed by atoms with Gasteiger partial charge in [0.15, 0.2) is 0 Å². The van der Waals surface area contributed by atoms with E-state index in [0.29, 0.717) is 11.4 Å². The van der Waals surface area contributed by atoms with E-state index in [1.807, 2.05) is 0 Å². The van der Waals surface area contributed by atoms with Crippen LogP contribution in [0.2, 0.25) is 5.02 Å². The van der Waals surface area contributed by atoms with E-state index in [0.717, 1.165) is 0 Å². The van der Waals surface area contributed by atoms with Crippen molar-refractivity contribution in [3.63, 3.8) is 0 Å². The normalized spacial score (nSPS) is 10.3. The Morgan fingerprint density at radius 1 is 1.50 bits per heavy atom. The molecule has 0 aliphatic heterocycles. The van der Waals surface area contributed by atoms with Gasteiger partial charge >= 0.3 is 0 Å². The number of anilines is 2. The maximum Gasteiger partial charge on any atom is 0.271 e. The van der Waals surface area contributed by atoms with E-state index in [9.17, 15) is 14.9 Å². The number of benzene rings is 1. The van der Waals surface area contributed by atoms with Gasteiger partial charge in [-0.05, 0) is 6.07 Å². The van der Waals surface area contributed by atoms with Crippen LogP contribution in [-0.4, -0.2) is 39.6 Å². The molecule has 0 aliphatic rings. The number of carbonyl (C=O) groups excluding carboxylic acids is 1. The Labute approximate surface area is 131 Å². The fourth-order valence-corrected chi connectivity index (χ4v) is 1.89. The third kappa shape index (κ3) is 3.73. The van der Waals surface area contributed by atoms with Crippen LogP contribution in [0.5, 0.6) is 0 Å². The minimum absolute atomic E-state index is 0.0805. The molecule has 2 rings (SSSR count). The molecule has 1 amide bonds. The summed E-state index contributed by atoms with van der Waals surface area (Å²) in [4.78, 5) is 23.2. The zero-order valence-electron chi connectivity index (χ0n) is 12.0. The van der Waals surface area contributed by atoms with Crippen LogP contribution in [0.25, 0.3) is 0 Å². The Morgan fingerprint density at radius 3 is 2.82 bits per heavy atom. The SMILES string of the molecule is CN(C)C(=O)Cn1cc(Nc2ccc([N+](=O)[O-])cc2Cl)cn1. The third-order valence-corrected chi connectivity index (χ3v) is 3.18. The highest BCUT2D eigenvalue weighted by molar-refractivity contribution is 6.33. The molecule has 0 atom stereocenters. The zero-order chi connectivity index (χ0) is 16.3. The van der Waals surface area contributed by atoms with Gasteiger partial charge in [0, 0.05) is 32.4 Å². The lowest BCUT2D eigenvalue weighted by molar-refractivity contribution is -0.384. The van der Waals surface area contributed by atoms with Crippen molar-refractivity contribution >= 4 is 34.6 Å². The highest BCUT2D eigenvalue weighted by Gasteiger charge is 2.11. The topological polar surface area (TPSA) is 93.3 Å². The van der Waals surface area contributed by atoms with Gasteiger partial charge in [-0.2, -0.15) is 5.10 Å². The van der Waals surface area contributed by atoms with Crippen LogP contribution < -0.4 is 5.32 Å². The van der Waals surface area contributed by atoms with Gasteiger partial charge in [0.25, 0.3) is 5.69 Å². The molecule has 9 heteroatoms. The number of halogens is 1. The fourth-order valence-electron chi connectivity index (χ4n) is 1.67. The molecule has 0 saturated carbocycles. The maximum absolute atomic E-state index is 11.6. The molecule has 0 radical (unpaired) electrons. The summed E-state index contributed by atoms with van der Waals surface area (Å²) in [6.07, 6.45) is 3.19. The minimum Gasteiger partial charge on any atom is -0.352 e. The molecule has 0 fully saturated rings. The molecular weight excluding hydrogens is 310 g/mol. The van der Waals surface area contributed by atoms with Crippen LogP contribution in [0.3, 0.4) is 0 Å². The first kappa shape index (κ1) is 15.8. The Balaban J connectivity index is 2.10. The third-order valence-electron chi connectivity index (χ3n) is 2.87. The van der Waals surface area contributed by atoms with Crippen molar-refractivity contribution < 1.29 is 9.72 Å². The van der Waals surface area contributed by atoms with Gasteiger partial charge in [0.2, 0.25) is 5.91 Å². The van der Waals surface area contributed by atoms with E-state index in [4.69, 9.17) is 11.6 Å². The number of nitro groups is 1. The second kappa shape index (κ2) is 6.44. The molecule has 8 nitrogen and oxygen atoms in total. The summed E-state index contributed by atoms with van der Waals surface area (Å²) in [7, 11) is 3.34. The van der Waals surface area contributed by atoms with Crippen molar-refractivity contribution in [1.29, 1.82) is 0 Å². The van der Waals surface area contributed by atoms with Crippen LogP contribution in [0.1, 0.15) is 0 Å². The number of aromatic nitrogens is 2. The van der Waals surface area contributed by atoms with Crippen molar-refractivity contribution in [1.82, 2.24) is 14.7 Å². The van der Waals surface area contributed by atoms with Crippen molar-refractivity contribution in [3.05, 3.63) is 45.7 Å². The fraction of sp³-hybridized carbons (Fsp3) is 0.231. The van der Waals surface area contributed by atoms with E-state index in [1.165, 1.54) is 27.8 Å². The largest absolute Gasteiger partial charge is 0.352 e. The first-order valence-corrected chi connectivity index (χ1v) is 6.68. The Hall–Kier alpha value is -2.61. The smallest absolute Gasteiger partial charge is 0.271 e. The van der Waals surface area contributed by atoms with E-state index in [-0.39, 0.29) is 23.2 Å². The minimum atomic E-state index is -0.513. The summed E-state index contributed by atoms with van der Waals surface area (Å²) >= 11 is 6.00. The van der Waals surface area contributed by atoms with Gasteiger partial charge in [0.1, 0.15) is 6.54 Å². The number of likely N-dealkylation sites (N-methyl/N-ethyl adjacent to an activating group) is 1. The Kier molecular flexibility index (Phi) is 4.62. The van der Waals surface area contributed by atoms with E-state index < -0.39 is 4.92 Å². The first-order valence-electron chi connectivity index (χ1n) is 6.30. The summed E-state index contributed by atoms with van der Waals surface area (Å²) in [6.45, 7) is 0.128. The summed E-state index contributed by atoms with van der Waals surface area (Å²) in [5.41, 5.74) is 1.07. The molecule has 1 aromatic carbocycles. The lowest BCUT2D eigenvalue weighted by Crippen LogP contribution is -2.26.